The van der Waals surface area contributed by atoms with Gasteiger partial charge in [-0.05, 0) is 85.7 Å². The molecule has 0 saturated carbocycles. The van der Waals surface area contributed by atoms with Gasteiger partial charge in [0.15, 0.2) is 0 Å². The van der Waals surface area contributed by atoms with Gasteiger partial charge < -0.3 is 0 Å². The normalized spacial score (nSPS) is 13.4. The lowest BCUT2D eigenvalue weighted by Gasteiger charge is -2.21. The SMILES string of the molecule is C1=CCC(c2cc(-c3ccccc3)c(-c3ccccc3)c3c2Cc2cccc(-c4ccccc4)c2-3)=C1. The zero-order valence-electron chi connectivity index (χ0n) is 20.1. The molecule has 5 aromatic rings. The molecule has 0 bridgehead atoms. The van der Waals surface area contributed by atoms with Gasteiger partial charge in [0.25, 0.3) is 0 Å². The molecular weight excluding hydrogens is 432 g/mol. The van der Waals surface area contributed by atoms with Crippen LogP contribution in [-0.2, 0) is 6.42 Å². The van der Waals surface area contributed by atoms with Gasteiger partial charge in [-0.25, -0.2) is 0 Å². The summed E-state index contributed by atoms with van der Waals surface area (Å²) in [5, 5.41) is 0. The van der Waals surface area contributed by atoms with E-state index in [1.165, 1.54) is 66.8 Å². The highest BCUT2D eigenvalue weighted by atomic mass is 14.3. The van der Waals surface area contributed by atoms with Crippen molar-refractivity contribution in [3.8, 4) is 44.5 Å². The molecule has 5 aromatic carbocycles. The number of fused-ring (bicyclic) bond motifs is 3. The van der Waals surface area contributed by atoms with Crippen LogP contribution in [0.15, 0.2) is 133 Å². The number of benzene rings is 5. The van der Waals surface area contributed by atoms with E-state index in [0.29, 0.717) is 0 Å². The monoisotopic (exact) mass is 458 g/mol. The van der Waals surface area contributed by atoms with Gasteiger partial charge >= 0.3 is 0 Å². The van der Waals surface area contributed by atoms with Crippen LogP contribution in [-0.4, -0.2) is 0 Å². The summed E-state index contributed by atoms with van der Waals surface area (Å²) in [6.07, 6.45) is 8.73. The zero-order chi connectivity index (χ0) is 23.9. The molecule has 0 N–H and O–H groups in total. The largest absolute Gasteiger partial charge is 0.0801 e. The van der Waals surface area contributed by atoms with Gasteiger partial charge in [0.2, 0.25) is 0 Å². The van der Waals surface area contributed by atoms with E-state index in [2.05, 4.69) is 133 Å². The maximum Gasteiger partial charge on any atom is -0.000694 e. The quantitative estimate of drug-likeness (QED) is 0.247. The van der Waals surface area contributed by atoms with Crippen LogP contribution in [0.1, 0.15) is 23.1 Å². The molecule has 0 heterocycles. The van der Waals surface area contributed by atoms with Crippen LogP contribution >= 0.6 is 0 Å². The van der Waals surface area contributed by atoms with Crippen molar-refractivity contribution in [1.29, 1.82) is 0 Å². The Bertz CT molecular complexity index is 1640. The molecule has 0 saturated heterocycles. The van der Waals surface area contributed by atoms with Crippen molar-refractivity contribution in [3.63, 3.8) is 0 Å². The molecule has 0 spiro atoms. The highest BCUT2D eigenvalue weighted by Crippen LogP contribution is 2.53. The van der Waals surface area contributed by atoms with Crippen molar-refractivity contribution in [2.75, 3.05) is 0 Å². The molecule has 0 aromatic heterocycles. The fourth-order valence-corrected chi connectivity index (χ4v) is 5.96. The molecule has 0 aliphatic heterocycles. The van der Waals surface area contributed by atoms with E-state index in [9.17, 15) is 0 Å². The Morgan fingerprint density at radius 2 is 1.11 bits per heavy atom. The Morgan fingerprint density at radius 3 is 1.75 bits per heavy atom. The van der Waals surface area contributed by atoms with Gasteiger partial charge in [0, 0.05) is 0 Å². The summed E-state index contributed by atoms with van der Waals surface area (Å²) in [4.78, 5) is 0. The minimum absolute atomic E-state index is 0.965. The summed E-state index contributed by atoms with van der Waals surface area (Å²) < 4.78 is 0. The van der Waals surface area contributed by atoms with Crippen molar-refractivity contribution in [2.24, 2.45) is 0 Å². The van der Waals surface area contributed by atoms with Crippen LogP contribution in [0.25, 0.3) is 50.1 Å². The lowest BCUT2D eigenvalue weighted by atomic mass is 9.82. The predicted octanol–water partition coefficient (Wildman–Crippen LogP) is 9.60. The van der Waals surface area contributed by atoms with E-state index in [-0.39, 0.29) is 0 Å². The third-order valence-corrected chi connectivity index (χ3v) is 7.55. The highest BCUT2D eigenvalue weighted by Gasteiger charge is 2.30. The van der Waals surface area contributed by atoms with Crippen LogP contribution < -0.4 is 0 Å². The Hall–Kier alpha value is -4.42. The first-order valence-electron chi connectivity index (χ1n) is 12.7. The van der Waals surface area contributed by atoms with Crippen molar-refractivity contribution < 1.29 is 0 Å². The van der Waals surface area contributed by atoms with Gasteiger partial charge in [0.05, 0.1) is 0 Å². The van der Waals surface area contributed by atoms with Gasteiger partial charge in [0.1, 0.15) is 0 Å². The predicted molar refractivity (Wildman–Crippen MR) is 153 cm³/mol. The molecule has 0 amide bonds. The Labute approximate surface area is 212 Å². The van der Waals surface area contributed by atoms with Gasteiger partial charge in [-0.1, -0.05) is 127 Å². The molecule has 36 heavy (non-hydrogen) atoms. The summed E-state index contributed by atoms with van der Waals surface area (Å²) in [5.41, 5.74) is 16.2. The fraction of sp³-hybridized carbons (Fsp3) is 0.0556. The van der Waals surface area contributed by atoms with Gasteiger partial charge in [-0.15, -0.1) is 0 Å². The molecule has 0 unspecified atom stereocenters. The Kier molecular flexibility index (Phi) is 5.03. The summed E-state index contributed by atoms with van der Waals surface area (Å²) in [6.45, 7) is 0. The standard InChI is InChI=1S/C36H26/c1-4-13-25(14-5-1)30-22-12-21-29-23-33-31(26-17-10-11-18-26)24-32(27-15-6-2-7-16-27)34(36(33)35(29)30)28-19-8-3-9-20-28/h1-17,19-22,24H,18,23H2. The summed E-state index contributed by atoms with van der Waals surface area (Å²) in [7, 11) is 0. The first-order chi connectivity index (χ1) is 17.9. The Morgan fingerprint density at radius 1 is 0.472 bits per heavy atom. The summed E-state index contributed by atoms with van der Waals surface area (Å²) in [5.74, 6) is 0. The first-order valence-corrected chi connectivity index (χ1v) is 12.7. The molecule has 2 aliphatic rings. The van der Waals surface area contributed by atoms with Crippen LogP contribution in [0, 0.1) is 0 Å². The fourth-order valence-electron chi connectivity index (χ4n) is 5.96. The van der Waals surface area contributed by atoms with Crippen LogP contribution in [0.5, 0.6) is 0 Å². The van der Waals surface area contributed by atoms with Gasteiger partial charge in [-0.2, -0.15) is 0 Å². The van der Waals surface area contributed by atoms with E-state index in [4.69, 9.17) is 0 Å². The maximum absolute atomic E-state index is 2.46. The molecule has 0 heteroatoms. The second-order valence-corrected chi connectivity index (χ2v) is 9.64. The maximum atomic E-state index is 2.46. The molecular formula is C36H26. The average molecular weight is 459 g/mol. The third kappa shape index (κ3) is 3.38. The van der Waals surface area contributed by atoms with Crippen molar-refractivity contribution in [2.45, 2.75) is 12.8 Å². The van der Waals surface area contributed by atoms with E-state index in [1.54, 1.807) is 0 Å². The molecule has 170 valence electrons. The number of rotatable bonds is 4. The van der Waals surface area contributed by atoms with Crippen LogP contribution in [0.2, 0.25) is 0 Å². The molecule has 2 aliphatic carbocycles. The van der Waals surface area contributed by atoms with Crippen molar-refractivity contribution >= 4 is 5.57 Å². The molecule has 0 nitrogen and oxygen atoms in total. The van der Waals surface area contributed by atoms with Crippen LogP contribution in [0.3, 0.4) is 0 Å². The number of hydrogen-bond donors (Lipinski definition) is 0. The van der Waals surface area contributed by atoms with E-state index in [1.807, 2.05) is 0 Å². The van der Waals surface area contributed by atoms with E-state index in [0.717, 1.165) is 12.8 Å². The second-order valence-electron chi connectivity index (χ2n) is 9.64. The van der Waals surface area contributed by atoms with E-state index >= 15 is 0 Å². The lowest BCUT2D eigenvalue weighted by Crippen LogP contribution is -1.98. The zero-order valence-corrected chi connectivity index (χ0v) is 20.1. The molecule has 7 rings (SSSR count). The average Bonchev–Trinajstić information content (AvgIpc) is 3.62. The van der Waals surface area contributed by atoms with Crippen LogP contribution in [0.4, 0.5) is 0 Å². The van der Waals surface area contributed by atoms with Crippen molar-refractivity contribution in [3.05, 3.63) is 150 Å². The van der Waals surface area contributed by atoms with Gasteiger partial charge in [-0.3, -0.25) is 0 Å². The van der Waals surface area contributed by atoms with E-state index < -0.39 is 0 Å². The summed E-state index contributed by atoms with van der Waals surface area (Å²) >= 11 is 0. The minimum atomic E-state index is 0.965. The Balaban J connectivity index is 1.62. The lowest BCUT2D eigenvalue weighted by molar-refractivity contribution is 1.24. The number of allylic oxidation sites excluding steroid dienone is 4. The number of hydrogen-bond acceptors (Lipinski definition) is 0. The molecule has 0 radical (unpaired) electrons. The third-order valence-electron chi connectivity index (χ3n) is 7.55. The highest BCUT2D eigenvalue weighted by molar-refractivity contribution is 6.05. The smallest absolute Gasteiger partial charge is 0.000694 e. The van der Waals surface area contributed by atoms with Crippen molar-refractivity contribution in [1.82, 2.24) is 0 Å². The minimum Gasteiger partial charge on any atom is -0.0801 e. The molecule has 0 fully saturated rings. The molecule has 0 atom stereocenters. The second kappa shape index (κ2) is 8.66. The topological polar surface area (TPSA) is 0 Å². The summed E-state index contributed by atoms with van der Waals surface area (Å²) in [6, 6.07) is 42.0. The first kappa shape index (κ1) is 20.9.